The highest BCUT2D eigenvalue weighted by atomic mass is 15.5. The Hall–Kier alpha value is -2.59. The highest BCUT2D eigenvalue weighted by Gasteiger charge is 2.14. The molecule has 0 spiro atoms. The van der Waals surface area contributed by atoms with Crippen LogP contribution in [0.25, 0.3) is 0 Å². The normalized spacial score (nSPS) is 13.5. The largest absolute Gasteiger partial charge is 0.265 e. The van der Waals surface area contributed by atoms with Crippen molar-refractivity contribution in [1.29, 1.82) is 10.5 Å². The second-order valence-electron chi connectivity index (χ2n) is 3.58. The van der Waals surface area contributed by atoms with E-state index in [1.54, 1.807) is 6.08 Å². The van der Waals surface area contributed by atoms with E-state index in [4.69, 9.17) is 10.5 Å². The van der Waals surface area contributed by atoms with E-state index in [1.807, 2.05) is 47.5 Å². The molecule has 0 aromatic heterocycles. The summed E-state index contributed by atoms with van der Waals surface area (Å²) in [6.07, 6.45) is 2.30. The van der Waals surface area contributed by atoms with Crippen LogP contribution in [0, 0.1) is 22.7 Å². The summed E-state index contributed by atoms with van der Waals surface area (Å²) in [6.45, 7) is 0.778. The van der Waals surface area contributed by atoms with E-state index in [1.165, 1.54) is 0 Å². The minimum Gasteiger partial charge on any atom is -0.265 e. The summed E-state index contributed by atoms with van der Waals surface area (Å²) in [7, 11) is 0. The van der Waals surface area contributed by atoms with Gasteiger partial charge in [0.2, 0.25) is 0 Å². The van der Waals surface area contributed by atoms with E-state index in [-0.39, 0.29) is 5.57 Å². The third-order valence-electron chi connectivity index (χ3n) is 2.43. The summed E-state index contributed by atoms with van der Waals surface area (Å²) in [6, 6.07) is 13.5. The summed E-state index contributed by atoms with van der Waals surface area (Å²) in [5.41, 5.74) is 1.89. The average molecular weight is 222 g/mol. The van der Waals surface area contributed by atoms with Crippen LogP contribution in [0.4, 0.5) is 5.69 Å². The lowest BCUT2D eigenvalue weighted by atomic mass is 10.2. The molecule has 0 atom stereocenters. The molecule has 1 aromatic rings. The van der Waals surface area contributed by atoms with Crippen LogP contribution in [0.3, 0.4) is 0 Å². The number of allylic oxidation sites excluding steroid dienone is 2. The molecular formula is C13H10N4. The average Bonchev–Trinajstić information content (AvgIpc) is 2.85. The second-order valence-corrected chi connectivity index (χ2v) is 3.58. The highest BCUT2D eigenvalue weighted by molar-refractivity contribution is 5.99. The predicted octanol–water partition coefficient (Wildman–Crippen LogP) is 2.23. The van der Waals surface area contributed by atoms with Crippen molar-refractivity contribution >= 4 is 11.4 Å². The number of hydrazone groups is 1. The summed E-state index contributed by atoms with van der Waals surface area (Å²) in [4.78, 5) is 0. The number of hydrogen-bond donors (Lipinski definition) is 0. The van der Waals surface area contributed by atoms with Crippen LogP contribution in [-0.4, -0.2) is 12.3 Å². The van der Waals surface area contributed by atoms with Crippen molar-refractivity contribution in [3.8, 4) is 12.1 Å². The molecule has 0 aliphatic carbocycles. The Kier molecular flexibility index (Phi) is 3.18. The number of anilines is 1. The maximum Gasteiger partial charge on any atom is 0.131 e. The van der Waals surface area contributed by atoms with Gasteiger partial charge in [-0.2, -0.15) is 15.6 Å². The molecule has 17 heavy (non-hydrogen) atoms. The molecule has 0 saturated heterocycles. The van der Waals surface area contributed by atoms with Crippen LogP contribution >= 0.6 is 0 Å². The molecule has 1 aliphatic rings. The minimum atomic E-state index is 0.0960. The van der Waals surface area contributed by atoms with E-state index < -0.39 is 0 Å². The van der Waals surface area contributed by atoms with Crippen LogP contribution in [0.15, 0.2) is 47.1 Å². The fourth-order valence-corrected chi connectivity index (χ4v) is 1.62. The summed E-state index contributed by atoms with van der Waals surface area (Å²) in [5.74, 6) is 0. The van der Waals surface area contributed by atoms with Gasteiger partial charge in [0, 0.05) is 13.0 Å². The fourth-order valence-electron chi connectivity index (χ4n) is 1.62. The molecule has 0 fully saturated rings. The van der Waals surface area contributed by atoms with Gasteiger partial charge >= 0.3 is 0 Å². The minimum absolute atomic E-state index is 0.0960. The zero-order valence-corrected chi connectivity index (χ0v) is 9.17. The Morgan fingerprint density at radius 2 is 1.94 bits per heavy atom. The van der Waals surface area contributed by atoms with E-state index in [0.29, 0.717) is 0 Å². The van der Waals surface area contributed by atoms with Gasteiger partial charge in [0.05, 0.1) is 11.4 Å². The maximum atomic E-state index is 8.66. The van der Waals surface area contributed by atoms with Crippen molar-refractivity contribution in [1.82, 2.24) is 0 Å². The number of nitriles is 2. The van der Waals surface area contributed by atoms with E-state index in [2.05, 4.69) is 5.10 Å². The van der Waals surface area contributed by atoms with Crippen LogP contribution < -0.4 is 5.01 Å². The van der Waals surface area contributed by atoms with Gasteiger partial charge in [-0.15, -0.1) is 0 Å². The molecule has 0 saturated carbocycles. The van der Waals surface area contributed by atoms with Gasteiger partial charge in [-0.3, -0.25) is 5.01 Å². The first-order chi connectivity index (χ1) is 8.33. The Balaban J connectivity index is 2.19. The Morgan fingerprint density at radius 3 is 2.59 bits per heavy atom. The Bertz CT molecular complexity index is 527. The van der Waals surface area contributed by atoms with E-state index >= 15 is 0 Å². The van der Waals surface area contributed by atoms with Crippen molar-refractivity contribution in [2.75, 3.05) is 11.6 Å². The maximum absolute atomic E-state index is 8.66. The first kappa shape index (κ1) is 10.9. The molecule has 0 amide bonds. The molecule has 0 radical (unpaired) electrons. The van der Waals surface area contributed by atoms with E-state index in [9.17, 15) is 0 Å². The topological polar surface area (TPSA) is 63.2 Å². The molecule has 0 unspecified atom stereocenters. The van der Waals surface area contributed by atoms with Gasteiger partial charge in [0.15, 0.2) is 0 Å². The van der Waals surface area contributed by atoms with Gasteiger partial charge in [-0.25, -0.2) is 0 Å². The second kappa shape index (κ2) is 4.96. The molecule has 2 rings (SSSR count). The van der Waals surface area contributed by atoms with E-state index in [0.717, 1.165) is 24.4 Å². The summed E-state index contributed by atoms with van der Waals surface area (Å²) in [5, 5.41) is 23.6. The number of benzene rings is 1. The van der Waals surface area contributed by atoms with Crippen LogP contribution in [0.2, 0.25) is 0 Å². The van der Waals surface area contributed by atoms with Crippen molar-refractivity contribution in [3.05, 3.63) is 42.0 Å². The fraction of sp³-hybridized carbons (Fsp3) is 0.154. The van der Waals surface area contributed by atoms with Crippen molar-refractivity contribution < 1.29 is 0 Å². The molecule has 0 bridgehead atoms. The monoisotopic (exact) mass is 222 g/mol. The number of hydrogen-bond acceptors (Lipinski definition) is 4. The third kappa shape index (κ3) is 2.50. The zero-order chi connectivity index (χ0) is 12.1. The quantitative estimate of drug-likeness (QED) is 0.721. The van der Waals surface area contributed by atoms with Crippen molar-refractivity contribution in [2.45, 2.75) is 6.42 Å². The highest BCUT2D eigenvalue weighted by Crippen LogP contribution is 2.19. The molecule has 1 heterocycles. The SMILES string of the molecule is N#CC(C#N)=CC1=NN(c2ccccc2)CC1. The summed E-state index contributed by atoms with van der Waals surface area (Å²) >= 11 is 0. The lowest BCUT2D eigenvalue weighted by Gasteiger charge is -2.12. The molecule has 82 valence electrons. The van der Waals surface area contributed by atoms with Gasteiger partial charge in [-0.1, -0.05) is 18.2 Å². The van der Waals surface area contributed by atoms with Gasteiger partial charge in [0.25, 0.3) is 0 Å². The summed E-state index contributed by atoms with van der Waals surface area (Å²) < 4.78 is 0. The van der Waals surface area contributed by atoms with Crippen LogP contribution in [-0.2, 0) is 0 Å². The van der Waals surface area contributed by atoms with Crippen LogP contribution in [0.5, 0.6) is 0 Å². The lowest BCUT2D eigenvalue weighted by Crippen LogP contribution is -2.11. The zero-order valence-electron chi connectivity index (χ0n) is 9.17. The number of nitrogens with zero attached hydrogens (tertiary/aromatic N) is 4. The molecule has 4 heteroatoms. The molecule has 4 nitrogen and oxygen atoms in total. The lowest BCUT2D eigenvalue weighted by molar-refractivity contribution is 0.922. The molecular weight excluding hydrogens is 212 g/mol. The first-order valence-corrected chi connectivity index (χ1v) is 5.25. The smallest absolute Gasteiger partial charge is 0.131 e. The van der Waals surface area contributed by atoms with Gasteiger partial charge < -0.3 is 0 Å². The van der Waals surface area contributed by atoms with Gasteiger partial charge in [0.1, 0.15) is 17.7 Å². The Morgan fingerprint density at radius 1 is 1.24 bits per heavy atom. The van der Waals surface area contributed by atoms with Gasteiger partial charge in [-0.05, 0) is 18.2 Å². The number of rotatable bonds is 2. The molecule has 1 aliphatic heterocycles. The third-order valence-corrected chi connectivity index (χ3v) is 2.43. The number of para-hydroxylation sites is 1. The first-order valence-electron chi connectivity index (χ1n) is 5.25. The predicted molar refractivity (Wildman–Crippen MR) is 65.1 cm³/mol. The van der Waals surface area contributed by atoms with Crippen LogP contribution in [0.1, 0.15) is 6.42 Å². The van der Waals surface area contributed by atoms with Crippen molar-refractivity contribution in [3.63, 3.8) is 0 Å². The van der Waals surface area contributed by atoms with Crippen molar-refractivity contribution in [2.24, 2.45) is 5.10 Å². The standard InChI is InChI=1S/C13H10N4/c14-9-11(10-15)8-12-6-7-17(16-12)13-4-2-1-3-5-13/h1-5,8H,6-7H2. The Labute approximate surface area is 99.7 Å². The molecule has 0 N–H and O–H groups in total. The molecule has 1 aromatic carbocycles.